The first-order valence-electron chi connectivity index (χ1n) is 9.63. The van der Waals surface area contributed by atoms with E-state index in [1.54, 1.807) is 42.7 Å². The lowest BCUT2D eigenvalue weighted by Crippen LogP contribution is -2.32. The molecule has 1 heterocycles. The summed E-state index contributed by atoms with van der Waals surface area (Å²) in [6.45, 7) is 0.801. The van der Waals surface area contributed by atoms with Gasteiger partial charge in [-0.3, -0.25) is 0 Å². The van der Waals surface area contributed by atoms with E-state index in [2.05, 4.69) is 25.3 Å². The molecule has 6 nitrogen and oxygen atoms in total. The van der Waals surface area contributed by atoms with Crippen molar-refractivity contribution in [3.8, 4) is 5.75 Å². The fraction of sp³-hybridized carbons (Fsp3) is 0.227. The number of urea groups is 1. The molecular weight excluding hydrogens is 422 g/mol. The summed E-state index contributed by atoms with van der Waals surface area (Å²) in [5, 5.41) is 6.28. The van der Waals surface area contributed by atoms with Crippen LogP contribution in [0.15, 0.2) is 71.0 Å². The lowest BCUT2D eigenvalue weighted by atomic mass is 10.0. The highest BCUT2D eigenvalue weighted by Crippen LogP contribution is 2.30. The molecule has 2 aromatic carbocycles. The van der Waals surface area contributed by atoms with Crippen molar-refractivity contribution in [2.75, 3.05) is 5.32 Å². The van der Waals surface area contributed by atoms with Gasteiger partial charge in [-0.1, -0.05) is 25.1 Å². The molecule has 1 atom stereocenters. The molecule has 0 aliphatic rings. The Bertz CT molecular complexity index is 1020. The van der Waals surface area contributed by atoms with Gasteiger partial charge < -0.3 is 15.4 Å². The third kappa shape index (κ3) is 6.39. The summed E-state index contributed by atoms with van der Waals surface area (Å²) in [6, 6.07) is 12.9. The highest BCUT2D eigenvalue weighted by molar-refractivity contribution is 7.99. The summed E-state index contributed by atoms with van der Waals surface area (Å²) in [7, 11) is 0. The molecule has 3 rings (SSSR count). The van der Waals surface area contributed by atoms with Gasteiger partial charge in [0.2, 0.25) is 0 Å². The van der Waals surface area contributed by atoms with E-state index in [9.17, 15) is 13.6 Å². The maximum Gasteiger partial charge on any atom is 0.387 e. The number of anilines is 1. The van der Waals surface area contributed by atoms with E-state index >= 15 is 0 Å². The smallest absolute Gasteiger partial charge is 0.387 e. The Morgan fingerprint density at radius 1 is 1.13 bits per heavy atom. The number of carbonyl (C=O) groups is 1. The summed E-state index contributed by atoms with van der Waals surface area (Å²) in [4.78, 5) is 21.9. The van der Waals surface area contributed by atoms with Crippen LogP contribution in [0.2, 0.25) is 0 Å². The first-order chi connectivity index (χ1) is 15.0. The molecule has 162 valence electrons. The molecule has 1 unspecified atom stereocenters. The monoisotopic (exact) mass is 444 g/mol. The average molecular weight is 445 g/mol. The molecule has 0 bridgehead atoms. The van der Waals surface area contributed by atoms with Crippen molar-refractivity contribution < 1.29 is 18.3 Å². The zero-order valence-corrected chi connectivity index (χ0v) is 17.8. The average Bonchev–Trinajstić information content (AvgIpc) is 2.75. The van der Waals surface area contributed by atoms with Gasteiger partial charge in [0.05, 0.1) is 6.04 Å². The summed E-state index contributed by atoms with van der Waals surface area (Å²) in [5.41, 5.74) is 2.00. The van der Waals surface area contributed by atoms with Crippen molar-refractivity contribution in [1.82, 2.24) is 15.3 Å². The van der Waals surface area contributed by atoms with E-state index in [0.717, 1.165) is 10.5 Å². The number of hydrogen-bond donors (Lipinski definition) is 2. The number of para-hydroxylation sites is 1. The van der Waals surface area contributed by atoms with E-state index < -0.39 is 18.7 Å². The molecule has 0 saturated carbocycles. The predicted octanol–water partition coefficient (Wildman–Crippen LogP) is 5.81. The van der Waals surface area contributed by atoms with Gasteiger partial charge in [-0.25, -0.2) is 14.8 Å². The molecule has 31 heavy (non-hydrogen) atoms. The van der Waals surface area contributed by atoms with E-state index in [0.29, 0.717) is 22.8 Å². The minimum Gasteiger partial charge on any atom is -0.434 e. The number of nitrogens with zero attached hydrogens (tertiary/aromatic N) is 2. The van der Waals surface area contributed by atoms with Crippen molar-refractivity contribution in [2.24, 2.45) is 0 Å². The number of nitrogens with one attached hydrogen (secondary N) is 2. The fourth-order valence-corrected chi connectivity index (χ4v) is 3.78. The first-order valence-corrected chi connectivity index (χ1v) is 10.4. The molecule has 2 amide bonds. The SMILES string of the molecule is CCC(NC(=O)Nc1ccc(Sc2ncccn2)cc1C)c1ccccc1OC(F)F. The van der Waals surface area contributed by atoms with Crippen molar-refractivity contribution in [3.05, 3.63) is 72.1 Å². The van der Waals surface area contributed by atoms with Gasteiger partial charge in [0.15, 0.2) is 5.16 Å². The molecule has 0 radical (unpaired) electrons. The quantitative estimate of drug-likeness (QED) is 0.429. The van der Waals surface area contributed by atoms with Crippen molar-refractivity contribution >= 4 is 23.5 Å². The van der Waals surface area contributed by atoms with E-state index in [-0.39, 0.29) is 5.75 Å². The number of alkyl halides is 2. The van der Waals surface area contributed by atoms with Crippen LogP contribution in [0.5, 0.6) is 5.75 Å². The number of hydrogen-bond acceptors (Lipinski definition) is 5. The minimum absolute atomic E-state index is 0.0466. The van der Waals surface area contributed by atoms with Crippen molar-refractivity contribution in [1.29, 1.82) is 0 Å². The lowest BCUT2D eigenvalue weighted by molar-refractivity contribution is -0.0506. The Morgan fingerprint density at radius 2 is 1.87 bits per heavy atom. The maximum absolute atomic E-state index is 12.7. The second-order valence-electron chi connectivity index (χ2n) is 6.59. The Hall–Kier alpha value is -3.20. The van der Waals surface area contributed by atoms with Crippen LogP contribution >= 0.6 is 11.8 Å². The molecule has 0 fully saturated rings. The van der Waals surface area contributed by atoms with Crippen LogP contribution in [-0.2, 0) is 0 Å². The van der Waals surface area contributed by atoms with Crippen molar-refractivity contribution in [2.45, 2.75) is 43.0 Å². The highest BCUT2D eigenvalue weighted by atomic mass is 32.2. The zero-order chi connectivity index (χ0) is 22.2. The van der Waals surface area contributed by atoms with Crippen LogP contribution in [0, 0.1) is 6.92 Å². The molecule has 9 heteroatoms. The predicted molar refractivity (Wildman–Crippen MR) is 116 cm³/mol. The molecule has 0 aliphatic heterocycles. The summed E-state index contributed by atoms with van der Waals surface area (Å²) in [6.07, 6.45) is 3.86. The van der Waals surface area contributed by atoms with Gasteiger partial charge in [0.25, 0.3) is 0 Å². The third-order valence-electron chi connectivity index (χ3n) is 4.42. The van der Waals surface area contributed by atoms with Gasteiger partial charge in [0, 0.05) is 28.5 Å². The summed E-state index contributed by atoms with van der Waals surface area (Å²) < 4.78 is 30.0. The third-order valence-corrected chi connectivity index (χ3v) is 5.30. The van der Waals surface area contributed by atoms with Gasteiger partial charge in [-0.15, -0.1) is 0 Å². The number of benzene rings is 2. The molecule has 2 N–H and O–H groups in total. The number of halogens is 2. The van der Waals surface area contributed by atoms with Crippen LogP contribution in [0.3, 0.4) is 0 Å². The Morgan fingerprint density at radius 3 is 2.55 bits per heavy atom. The Labute approximate surface area is 183 Å². The second kappa shape index (κ2) is 10.7. The second-order valence-corrected chi connectivity index (χ2v) is 7.63. The number of rotatable bonds is 8. The van der Waals surface area contributed by atoms with Crippen LogP contribution in [0.1, 0.15) is 30.5 Å². The molecule has 0 aliphatic carbocycles. The van der Waals surface area contributed by atoms with Gasteiger partial charge in [-0.2, -0.15) is 8.78 Å². The van der Waals surface area contributed by atoms with Crippen LogP contribution in [0.4, 0.5) is 19.3 Å². The van der Waals surface area contributed by atoms with E-state index in [1.165, 1.54) is 17.8 Å². The number of amides is 2. The van der Waals surface area contributed by atoms with Gasteiger partial charge in [-0.05, 0) is 61.0 Å². The highest BCUT2D eigenvalue weighted by Gasteiger charge is 2.19. The lowest BCUT2D eigenvalue weighted by Gasteiger charge is -2.21. The summed E-state index contributed by atoms with van der Waals surface area (Å²) in [5.74, 6) is 0.0466. The number of aromatic nitrogens is 2. The van der Waals surface area contributed by atoms with Gasteiger partial charge >= 0.3 is 12.6 Å². The molecular formula is C22H22F2N4O2S. The van der Waals surface area contributed by atoms with E-state index in [1.807, 2.05) is 26.0 Å². The largest absolute Gasteiger partial charge is 0.434 e. The van der Waals surface area contributed by atoms with Crippen LogP contribution in [0.25, 0.3) is 0 Å². The van der Waals surface area contributed by atoms with Crippen molar-refractivity contribution in [3.63, 3.8) is 0 Å². The van der Waals surface area contributed by atoms with Crippen LogP contribution < -0.4 is 15.4 Å². The van der Waals surface area contributed by atoms with Crippen LogP contribution in [-0.4, -0.2) is 22.6 Å². The Kier molecular flexibility index (Phi) is 7.77. The number of aryl methyl sites for hydroxylation is 1. The Balaban J connectivity index is 1.67. The minimum atomic E-state index is -2.94. The first kappa shape index (κ1) is 22.5. The fourth-order valence-electron chi connectivity index (χ4n) is 2.97. The topological polar surface area (TPSA) is 76.1 Å². The van der Waals surface area contributed by atoms with E-state index in [4.69, 9.17) is 0 Å². The molecule has 0 spiro atoms. The summed E-state index contributed by atoms with van der Waals surface area (Å²) >= 11 is 1.42. The normalized spacial score (nSPS) is 11.8. The number of ether oxygens (including phenoxy) is 1. The molecule has 0 saturated heterocycles. The standard InChI is InChI=1S/C22H22F2N4O2S/c1-3-17(16-7-4-5-8-19(16)30-20(23)24)27-21(29)28-18-10-9-15(13-14(18)2)31-22-25-11-6-12-26-22/h4-13,17,20H,3H2,1-2H3,(H2,27,28,29). The molecule has 3 aromatic rings. The molecule has 1 aromatic heterocycles. The number of carbonyl (C=O) groups excluding carboxylic acids is 1. The zero-order valence-electron chi connectivity index (χ0n) is 17.0. The van der Waals surface area contributed by atoms with Gasteiger partial charge in [0.1, 0.15) is 5.75 Å². The maximum atomic E-state index is 12.7.